The van der Waals surface area contributed by atoms with E-state index in [4.69, 9.17) is 5.11 Å². The molecule has 0 saturated carbocycles. The molecular weight excluding hydrogens is 280 g/mol. The Bertz CT molecular complexity index is 350. The molecule has 0 aliphatic carbocycles. The molecule has 1 N–H and O–H groups in total. The van der Waals surface area contributed by atoms with Crippen molar-refractivity contribution in [1.82, 2.24) is 0 Å². The molecule has 1 rings (SSSR count). The van der Waals surface area contributed by atoms with E-state index in [-0.39, 0.29) is 5.56 Å². The summed E-state index contributed by atoms with van der Waals surface area (Å²) >= 11 is 2.98. The van der Waals surface area contributed by atoms with Crippen molar-refractivity contribution in [1.29, 1.82) is 0 Å². The summed E-state index contributed by atoms with van der Waals surface area (Å²) in [7, 11) is 0. The van der Waals surface area contributed by atoms with Gasteiger partial charge in [0, 0.05) is 10.9 Å². The molecule has 0 aliphatic rings. The van der Waals surface area contributed by atoms with E-state index in [0.717, 1.165) is 6.07 Å². The number of benzene rings is 1. The summed E-state index contributed by atoms with van der Waals surface area (Å²) in [5.41, 5.74) is -0.164. The SMILES string of the molecule is O[C@@H](Cc1ccc(Br)cc1F)C(F)(F)F. The fourth-order valence-electron chi connectivity index (χ4n) is 1.01. The van der Waals surface area contributed by atoms with Gasteiger partial charge in [0.2, 0.25) is 0 Å². The zero-order chi connectivity index (χ0) is 11.6. The maximum absolute atomic E-state index is 13.1. The minimum atomic E-state index is -4.72. The van der Waals surface area contributed by atoms with Crippen molar-refractivity contribution >= 4 is 15.9 Å². The minimum Gasteiger partial charge on any atom is -0.383 e. The van der Waals surface area contributed by atoms with Gasteiger partial charge >= 0.3 is 6.18 Å². The Morgan fingerprint density at radius 3 is 2.40 bits per heavy atom. The van der Waals surface area contributed by atoms with Crippen LogP contribution in [-0.2, 0) is 6.42 Å². The minimum absolute atomic E-state index is 0.164. The maximum atomic E-state index is 13.1. The molecule has 0 aromatic heterocycles. The topological polar surface area (TPSA) is 20.2 Å². The second-order valence-electron chi connectivity index (χ2n) is 3.00. The van der Waals surface area contributed by atoms with Crippen LogP contribution < -0.4 is 0 Å². The molecule has 1 nitrogen and oxygen atoms in total. The van der Waals surface area contributed by atoms with Crippen LogP contribution in [0.5, 0.6) is 0 Å². The first-order valence-electron chi connectivity index (χ1n) is 3.99. The second-order valence-corrected chi connectivity index (χ2v) is 3.91. The van der Waals surface area contributed by atoms with Gasteiger partial charge in [-0.15, -0.1) is 0 Å². The highest BCUT2D eigenvalue weighted by Crippen LogP contribution is 2.24. The van der Waals surface area contributed by atoms with E-state index in [1.807, 2.05) is 0 Å². The van der Waals surface area contributed by atoms with Crippen LogP contribution in [0.25, 0.3) is 0 Å². The molecule has 0 radical (unpaired) electrons. The molecule has 0 bridgehead atoms. The van der Waals surface area contributed by atoms with E-state index < -0.39 is 24.5 Å². The first kappa shape index (κ1) is 12.4. The van der Waals surface area contributed by atoms with Gasteiger partial charge < -0.3 is 5.11 Å². The number of hydrogen-bond donors (Lipinski definition) is 1. The molecule has 0 saturated heterocycles. The molecule has 1 aromatic rings. The van der Waals surface area contributed by atoms with Crippen LogP contribution >= 0.6 is 15.9 Å². The van der Waals surface area contributed by atoms with Gasteiger partial charge in [0.05, 0.1) is 0 Å². The van der Waals surface area contributed by atoms with E-state index in [0.29, 0.717) is 4.47 Å². The molecule has 84 valence electrons. The third-order valence-corrected chi connectivity index (χ3v) is 2.30. The number of halogens is 5. The van der Waals surface area contributed by atoms with E-state index in [2.05, 4.69) is 15.9 Å². The van der Waals surface area contributed by atoms with Crippen molar-refractivity contribution in [2.75, 3.05) is 0 Å². The Hall–Kier alpha value is -0.620. The van der Waals surface area contributed by atoms with E-state index in [1.54, 1.807) is 0 Å². The summed E-state index contributed by atoms with van der Waals surface area (Å²) in [4.78, 5) is 0. The number of aliphatic hydroxyl groups excluding tert-OH is 1. The third kappa shape index (κ3) is 3.46. The molecule has 15 heavy (non-hydrogen) atoms. The summed E-state index contributed by atoms with van der Waals surface area (Å²) in [6.07, 6.45) is -8.03. The fourth-order valence-corrected chi connectivity index (χ4v) is 1.34. The van der Waals surface area contributed by atoms with E-state index in [1.165, 1.54) is 12.1 Å². The predicted molar refractivity (Wildman–Crippen MR) is 49.9 cm³/mol. The number of alkyl halides is 3. The molecule has 1 atom stereocenters. The van der Waals surface area contributed by atoms with Crippen molar-refractivity contribution in [2.45, 2.75) is 18.7 Å². The molecular formula is C9H7BrF4O. The van der Waals surface area contributed by atoms with Crippen molar-refractivity contribution in [3.8, 4) is 0 Å². The largest absolute Gasteiger partial charge is 0.414 e. The summed E-state index contributed by atoms with van der Waals surface area (Å²) in [5, 5.41) is 8.73. The Balaban J connectivity index is 2.82. The Kier molecular flexibility index (Phi) is 3.72. The maximum Gasteiger partial charge on any atom is 0.414 e. The van der Waals surface area contributed by atoms with E-state index >= 15 is 0 Å². The van der Waals surface area contributed by atoms with Crippen LogP contribution in [0.1, 0.15) is 5.56 Å². The average Bonchev–Trinajstić information content (AvgIpc) is 2.08. The zero-order valence-corrected chi connectivity index (χ0v) is 8.94. The van der Waals surface area contributed by atoms with Crippen molar-refractivity contribution in [3.63, 3.8) is 0 Å². The van der Waals surface area contributed by atoms with Gasteiger partial charge in [-0.1, -0.05) is 22.0 Å². The lowest BCUT2D eigenvalue weighted by atomic mass is 10.1. The van der Waals surface area contributed by atoms with Gasteiger partial charge in [0.25, 0.3) is 0 Å². The molecule has 0 heterocycles. The molecule has 0 spiro atoms. The van der Waals surface area contributed by atoms with Crippen LogP contribution in [0.15, 0.2) is 22.7 Å². The Labute approximate surface area is 91.9 Å². The number of aliphatic hydroxyl groups is 1. The van der Waals surface area contributed by atoms with Crippen molar-refractivity contribution in [2.24, 2.45) is 0 Å². The molecule has 1 aromatic carbocycles. The first-order valence-corrected chi connectivity index (χ1v) is 4.78. The van der Waals surface area contributed by atoms with Gasteiger partial charge in [-0.2, -0.15) is 13.2 Å². The van der Waals surface area contributed by atoms with Crippen LogP contribution in [0.4, 0.5) is 17.6 Å². The third-order valence-electron chi connectivity index (χ3n) is 1.81. The summed E-state index contributed by atoms with van der Waals surface area (Å²) in [5.74, 6) is -0.771. The van der Waals surface area contributed by atoms with Gasteiger partial charge in [-0.25, -0.2) is 4.39 Å². The smallest absolute Gasteiger partial charge is 0.383 e. The lowest BCUT2D eigenvalue weighted by Crippen LogP contribution is -2.30. The second kappa shape index (κ2) is 4.49. The Morgan fingerprint density at radius 2 is 1.93 bits per heavy atom. The molecule has 0 unspecified atom stereocenters. The highest BCUT2D eigenvalue weighted by atomic mass is 79.9. The Morgan fingerprint density at radius 1 is 1.33 bits per heavy atom. The lowest BCUT2D eigenvalue weighted by molar-refractivity contribution is -0.203. The summed E-state index contributed by atoms with van der Waals surface area (Å²) < 4.78 is 49.4. The van der Waals surface area contributed by atoms with Gasteiger partial charge in [0.15, 0.2) is 6.10 Å². The van der Waals surface area contributed by atoms with Gasteiger partial charge in [0.1, 0.15) is 5.82 Å². The highest BCUT2D eigenvalue weighted by molar-refractivity contribution is 9.10. The van der Waals surface area contributed by atoms with Crippen molar-refractivity contribution < 1.29 is 22.7 Å². The summed E-state index contributed by atoms with van der Waals surface area (Å²) in [6.45, 7) is 0. The van der Waals surface area contributed by atoms with Crippen LogP contribution in [0.3, 0.4) is 0 Å². The quantitative estimate of drug-likeness (QED) is 0.829. The zero-order valence-electron chi connectivity index (χ0n) is 7.35. The van der Waals surface area contributed by atoms with Crippen LogP contribution in [-0.4, -0.2) is 17.4 Å². The first-order chi connectivity index (χ1) is 6.80. The van der Waals surface area contributed by atoms with Crippen molar-refractivity contribution in [3.05, 3.63) is 34.1 Å². The molecule has 0 amide bonds. The lowest BCUT2D eigenvalue weighted by Gasteiger charge is -2.14. The standard InChI is InChI=1S/C9H7BrF4O/c10-6-2-1-5(7(11)4-6)3-8(15)9(12,13)14/h1-2,4,8,15H,3H2/t8-/m0/s1. The van der Waals surface area contributed by atoms with E-state index in [9.17, 15) is 17.6 Å². The molecule has 0 aliphatic heterocycles. The monoisotopic (exact) mass is 286 g/mol. The molecule has 6 heteroatoms. The fraction of sp³-hybridized carbons (Fsp3) is 0.333. The molecule has 0 fully saturated rings. The highest BCUT2D eigenvalue weighted by Gasteiger charge is 2.38. The van der Waals surface area contributed by atoms with Crippen LogP contribution in [0.2, 0.25) is 0 Å². The van der Waals surface area contributed by atoms with Gasteiger partial charge in [-0.05, 0) is 17.7 Å². The number of rotatable bonds is 2. The average molecular weight is 287 g/mol. The van der Waals surface area contributed by atoms with Crippen LogP contribution in [0, 0.1) is 5.82 Å². The predicted octanol–water partition coefficient (Wildman–Crippen LogP) is 3.05. The van der Waals surface area contributed by atoms with Gasteiger partial charge in [-0.3, -0.25) is 0 Å². The number of hydrogen-bond acceptors (Lipinski definition) is 1. The summed E-state index contributed by atoms with van der Waals surface area (Å²) in [6, 6.07) is 3.67. The normalized spacial score (nSPS) is 14.0.